The van der Waals surface area contributed by atoms with Crippen LogP contribution in [-0.4, -0.2) is 23.4 Å². The smallest absolute Gasteiger partial charge is 0.369 e. The molecule has 0 radical (unpaired) electrons. The summed E-state index contributed by atoms with van der Waals surface area (Å²) in [6.45, 7) is 3.36. The summed E-state index contributed by atoms with van der Waals surface area (Å²) < 4.78 is 80.5. The zero-order chi connectivity index (χ0) is 21.3. The number of fused-ring (bicyclic) bond motifs is 1. The highest BCUT2D eigenvalue weighted by atomic mass is 19.4. The Morgan fingerprint density at radius 1 is 0.964 bits per heavy atom. The summed E-state index contributed by atoms with van der Waals surface area (Å²) in [5.41, 5.74) is -7.31. The zero-order valence-corrected chi connectivity index (χ0v) is 15.1. The van der Waals surface area contributed by atoms with Crippen LogP contribution in [0.1, 0.15) is 32.3 Å². The van der Waals surface area contributed by atoms with Gasteiger partial charge in [0.25, 0.3) is 5.60 Å². The molecule has 0 saturated carbocycles. The van der Waals surface area contributed by atoms with E-state index in [-0.39, 0.29) is 5.39 Å². The van der Waals surface area contributed by atoms with Crippen LogP contribution < -0.4 is 5.32 Å². The Morgan fingerprint density at radius 2 is 1.50 bits per heavy atom. The van der Waals surface area contributed by atoms with Crippen molar-refractivity contribution in [3.05, 3.63) is 42.0 Å². The summed E-state index contributed by atoms with van der Waals surface area (Å²) in [5, 5.41) is 12.3. The number of carbonyl (C=O) groups excluding carboxylic acids is 1. The van der Waals surface area contributed by atoms with Crippen LogP contribution in [0.15, 0.2) is 36.4 Å². The van der Waals surface area contributed by atoms with E-state index in [1.54, 1.807) is 19.9 Å². The van der Waals surface area contributed by atoms with Crippen molar-refractivity contribution in [1.82, 2.24) is 0 Å². The van der Waals surface area contributed by atoms with Gasteiger partial charge in [0.1, 0.15) is 0 Å². The van der Waals surface area contributed by atoms with Gasteiger partial charge in [-0.3, -0.25) is 4.79 Å². The average Bonchev–Trinajstić information content (AvgIpc) is 2.60. The fraction of sp³-hybridized carbons (Fsp3) is 0.421. The maximum absolute atomic E-state index is 13.4. The van der Waals surface area contributed by atoms with Crippen LogP contribution in [0.25, 0.3) is 10.8 Å². The van der Waals surface area contributed by atoms with Crippen molar-refractivity contribution in [1.29, 1.82) is 0 Å². The molecule has 1 amide bonds. The van der Waals surface area contributed by atoms with Gasteiger partial charge in [0.15, 0.2) is 0 Å². The Bertz CT molecular complexity index is 842. The van der Waals surface area contributed by atoms with E-state index in [1.165, 1.54) is 18.2 Å². The second kappa shape index (κ2) is 7.62. The Hall–Kier alpha value is -2.29. The minimum Gasteiger partial charge on any atom is -0.369 e. The first-order valence-electron chi connectivity index (χ1n) is 8.57. The number of anilines is 1. The summed E-state index contributed by atoms with van der Waals surface area (Å²) in [6, 6.07) is 7.32. The third-order valence-corrected chi connectivity index (χ3v) is 4.74. The van der Waals surface area contributed by atoms with Crippen LogP contribution in [0.2, 0.25) is 0 Å². The molecule has 0 spiro atoms. The Morgan fingerprint density at radius 3 is 2.00 bits per heavy atom. The lowest BCUT2D eigenvalue weighted by molar-refractivity contribution is -0.375. The van der Waals surface area contributed by atoms with E-state index in [0.29, 0.717) is 24.3 Å². The third-order valence-electron chi connectivity index (χ3n) is 4.74. The van der Waals surface area contributed by atoms with Gasteiger partial charge in [0.2, 0.25) is 5.91 Å². The molecule has 0 atom stereocenters. The molecule has 2 N–H and O–H groups in total. The number of aliphatic hydroxyl groups is 1. The number of rotatable bonds is 5. The number of amides is 1. The van der Waals surface area contributed by atoms with Gasteiger partial charge in [-0.2, -0.15) is 26.3 Å². The highest BCUT2D eigenvalue weighted by molar-refractivity contribution is 6.04. The van der Waals surface area contributed by atoms with Gasteiger partial charge in [-0.05, 0) is 18.2 Å². The predicted molar refractivity (Wildman–Crippen MR) is 92.7 cm³/mol. The first kappa shape index (κ1) is 22.0. The van der Waals surface area contributed by atoms with Crippen molar-refractivity contribution in [3.8, 4) is 0 Å². The standard InChI is InChI=1S/C19H19F6NO2/c1-3-11(4-2)16(27)26-15-13-8-6-5-7-12(13)9-10-14(15)17(28,18(20,21)22)19(23,24)25/h5-11,28H,3-4H2,1-2H3,(H,26,27). The quantitative estimate of drug-likeness (QED) is 0.641. The number of carbonyl (C=O) groups is 1. The molecule has 0 aromatic heterocycles. The lowest BCUT2D eigenvalue weighted by Crippen LogP contribution is -2.54. The number of halogens is 6. The van der Waals surface area contributed by atoms with Crippen LogP contribution in [0.5, 0.6) is 0 Å². The van der Waals surface area contributed by atoms with Gasteiger partial charge in [-0.1, -0.05) is 50.2 Å². The molecular formula is C19H19F6NO2. The number of nitrogens with one attached hydrogen (secondary N) is 1. The molecule has 0 bridgehead atoms. The normalized spacial score (nSPS) is 13.2. The SMILES string of the molecule is CCC(CC)C(=O)Nc1c(C(O)(C(F)(F)F)C(F)(F)F)ccc2ccccc12. The van der Waals surface area contributed by atoms with Gasteiger partial charge in [-0.15, -0.1) is 0 Å². The Kier molecular flexibility index (Phi) is 5.98. The number of alkyl halides is 6. The van der Waals surface area contributed by atoms with Crippen molar-refractivity contribution in [2.75, 3.05) is 5.32 Å². The summed E-state index contributed by atoms with van der Waals surface area (Å²) in [6.07, 6.45) is -11.4. The Balaban J connectivity index is 2.81. The predicted octanol–water partition coefficient (Wildman–Crippen LogP) is 5.53. The molecule has 28 heavy (non-hydrogen) atoms. The summed E-state index contributed by atoms with van der Waals surface area (Å²) in [5.74, 6) is -1.31. The number of benzene rings is 2. The molecular weight excluding hydrogens is 388 g/mol. The fourth-order valence-electron chi connectivity index (χ4n) is 3.06. The second-order valence-corrected chi connectivity index (χ2v) is 6.42. The minimum absolute atomic E-state index is 0.0359. The molecule has 2 aromatic carbocycles. The highest BCUT2D eigenvalue weighted by Gasteiger charge is 2.72. The van der Waals surface area contributed by atoms with Crippen LogP contribution in [0, 0.1) is 5.92 Å². The van der Waals surface area contributed by atoms with Crippen LogP contribution in [-0.2, 0) is 10.4 Å². The molecule has 0 heterocycles. The second-order valence-electron chi connectivity index (χ2n) is 6.42. The van der Waals surface area contributed by atoms with Crippen molar-refractivity contribution >= 4 is 22.4 Å². The molecule has 0 aliphatic carbocycles. The Labute approximate surface area is 157 Å². The topological polar surface area (TPSA) is 49.3 Å². The van der Waals surface area contributed by atoms with E-state index in [1.807, 2.05) is 0 Å². The molecule has 9 heteroatoms. The van der Waals surface area contributed by atoms with Crippen molar-refractivity contribution in [3.63, 3.8) is 0 Å². The maximum atomic E-state index is 13.4. The van der Waals surface area contributed by atoms with Crippen LogP contribution >= 0.6 is 0 Å². The van der Waals surface area contributed by atoms with Gasteiger partial charge >= 0.3 is 12.4 Å². The molecule has 0 unspecified atom stereocenters. The van der Waals surface area contributed by atoms with Crippen molar-refractivity contribution in [2.24, 2.45) is 5.92 Å². The molecule has 154 valence electrons. The lowest BCUT2D eigenvalue weighted by atomic mass is 9.88. The molecule has 3 nitrogen and oxygen atoms in total. The first-order chi connectivity index (χ1) is 12.9. The molecule has 2 rings (SSSR count). The summed E-state index contributed by atoms with van der Waals surface area (Å²) >= 11 is 0. The van der Waals surface area contributed by atoms with Gasteiger partial charge in [-0.25, -0.2) is 0 Å². The van der Waals surface area contributed by atoms with Gasteiger partial charge in [0, 0.05) is 16.9 Å². The molecule has 2 aromatic rings. The largest absolute Gasteiger partial charge is 0.430 e. The van der Waals surface area contributed by atoms with E-state index in [2.05, 4.69) is 5.32 Å². The van der Waals surface area contributed by atoms with E-state index in [0.717, 1.165) is 6.07 Å². The molecule has 0 aliphatic rings. The molecule has 0 fully saturated rings. The molecule has 0 saturated heterocycles. The van der Waals surface area contributed by atoms with Crippen molar-refractivity contribution in [2.45, 2.75) is 44.6 Å². The first-order valence-corrected chi connectivity index (χ1v) is 8.57. The minimum atomic E-state index is -6.05. The maximum Gasteiger partial charge on any atom is 0.430 e. The number of hydrogen-bond acceptors (Lipinski definition) is 2. The summed E-state index contributed by atoms with van der Waals surface area (Å²) in [4.78, 5) is 12.4. The van der Waals surface area contributed by atoms with Gasteiger partial charge < -0.3 is 10.4 Å². The van der Waals surface area contributed by atoms with Gasteiger partial charge in [0.05, 0.1) is 5.69 Å². The monoisotopic (exact) mass is 407 g/mol. The molecule has 0 aliphatic heterocycles. The lowest BCUT2D eigenvalue weighted by Gasteiger charge is -2.34. The van der Waals surface area contributed by atoms with E-state index in [4.69, 9.17) is 0 Å². The fourth-order valence-corrected chi connectivity index (χ4v) is 3.06. The average molecular weight is 407 g/mol. The van der Waals surface area contributed by atoms with Crippen LogP contribution in [0.3, 0.4) is 0 Å². The third kappa shape index (κ3) is 3.67. The van der Waals surface area contributed by atoms with E-state index >= 15 is 0 Å². The highest BCUT2D eigenvalue weighted by Crippen LogP contribution is 2.53. The van der Waals surface area contributed by atoms with Crippen LogP contribution in [0.4, 0.5) is 32.0 Å². The summed E-state index contributed by atoms with van der Waals surface area (Å²) in [7, 11) is 0. The zero-order valence-electron chi connectivity index (χ0n) is 15.1. The van der Waals surface area contributed by atoms with Crippen molar-refractivity contribution < 1.29 is 36.2 Å². The number of hydrogen-bond donors (Lipinski definition) is 2. The van der Waals surface area contributed by atoms with E-state index in [9.17, 15) is 36.2 Å². The van der Waals surface area contributed by atoms with E-state index < -0.39 is 41.0 Å².